The van der Waals surface area contributed by atoms with Crippen LogP contribution in [0.5, 0.6) is 0 Å². The van der Waals surface area contributed by atoms with Gasteiger partial charge in [0.15, 0.2) is 18.3 Å². The van der Waals surface area contributed by atoms with Crippen molar-refractivity contribution in [2.75, 3.05) is 6.61 Å². The summed E-state index contributed by atoms with van der Waals surface area (Å²) < 4.78 is 39.0. The molecule has 76 heavy (non-hydrogen) atoms. The van der Waals surface area contributed by atoms with E-state index in [9.17, 15) is 19.2 Å². The van der Waals surface area contributed by atoms with Gasteiger partial charge in [0, 0.05) is 35.8 Å². The third kappa shape index (κ3) is 32.5. The lowest BCUT2D eigenvalue weighted by molar-refractivity contribution is -0.239. The highest BCUT2D eigenvalue weighted by molar-refractivity contribution is 8.00. The monoisotopic (exact) mass is 1110 g/mol. The van der Waals surface area contributed by atoms with Crippen molar-refractivity contribution >= 4 is 52.7 Å². The van der Waals surface area contributed by atoms with Crippen molar-refractivity contribution < 1.29 is 47.6 Å². The number of unbranched alkanes of at least 4 members (excludes halogenated alkanes) is 32. The zero-order valence-electron chi connectivity index (χ0n) is 49.3. The Morgan fingerprint density at radius 1 is 0.461 bits per heavy atom. The minimum absolute atomic E-state index is 0.0136. The highest BCUT2D eigenvalue weighted by Gasteiger charge is 2.53. The van der Waals surface area contributed by atoms with Gasteiger partial charge in [0.1, 0.15) is 18.1 Å². The molecule has 3 aliphatic rings. The Balaban J connectivity index is 1.85. The second-order valence-electron chi connectivity index (χ2n) is 23.1. The molecule has 3 unspecified atom stereocenters. The Labute approximate surface area is 475 Å². The number of rotatable bonds is 49. The summed E-state index contributed by atoms with van der Waals surface area (Å²) in [7, 11) is 0. The van der Waals surface area contributed by atoms with Crippen LogP contribution in [0.1, 0.15) is 323 Å². The van der Waals surface area contributed by atoms with Gasteiger partial charge >= 0.3 is 23.9 Å². The molecule has 0 N–H and O–H groups in total. The zero-order chi connectivity index (χ0) is 54.7. The number of carbonyl (C=O) groups excluding carboxylic acids is 4. The van der Waals surface area contributed by atoms with E-state index in [2.05, 4.69) is 27.7 Å². The van der Waals surface area contributed by atoms with E-state index in [-0.39, 0.29) is 61.7 Å². The van der Waals surface area contributed by atoms with Crippen molar-refractivity contribution in [2.24, 2.45) is 0 Å². The molecule has 442 valence electrons. The number of hydrogen-bond acceptors (Lipinski definition) is 12. The van der Waals surface area contributed by atoms with E-state index in [1.54, 1.807) is 11.8 Å². The topological polar surface area (TPSA) is 124 Å². The van der Waals surface area contributed by atoms with Crippen LogP contribution in [0, 0.1) is 0 Å². The van der Waals surface area contributed by atoms with E-state index in [1.165, 1.54) is 135 Å². The SMILES string of the molecule is CCCCCCCCCCCC(=O)OC[C@H]1O[C@@H](SC2CCC(OC3CCCC3=S)C2)[C@H](OC(=O)CCCCCCCCCCC)[C@@H](OC(=O)CCCCCCCCCCC)[C@H]1OC(=O)CCCCCCCCCCC. The molecule has 0 aromatic heterocycles. The summed E-state index contributed by atoms with van der Waals surface area (Å²) in [5, 5.41) is 0.0995. The fourth-order valence-corrected chi connectivity index (χ4v) is 13.1. The molecular formula is C64H114O10S2. The van der Waals surface area contributed by atoms with Crippen molar-refractivity contribution in [1.29, 1.82) is 0 Å². The summed E-state index contributed by atoms with van der Waals surface area (Å²) in [6, 6.07) is 0. The molecule has 0 spiro atoms. The maximum atomic E-state index is 14.1. The quantitative estimate of drug-likeness (QED) is 0.0249. The van der Waals surface area contributed by atoms with E-state index >= 15 is 0 Å². The van der Waals surface area contributed by atoms with E-state index < -0.39 is 41.8 Å². The van der Waals surface area contributed by atoms with Gasteiger partial charge in [0.2, 0.25) is 0 Å². The molecule has 0 aromatic carbocycles. The van der Waals surface area contributed by atoms with Gasteiger partial charge in [-0.3, -0.25) is 19.2 Å². The molecule has 10 nitrogen and oxygen atoms in total. The maximum Gasteiger partial charge on any atom is 0.306 e. The number of thioether (sulfide) groups is 1. The predicted octanol–water partition coefficient (Wildman–Crippen LogP) is 18.3. The largest absolute Gasteiger partial charge is 0.463 e. The molecule has 2 aliphatic carbocycles. The number of hydrogen-bond donors (Lipinski definition) is 0. The molecule has 1 heterocycles. The molecule has 3 fully saturated rings. The molecule has 3 rings (SSSR count). The Hall–Kier alpha value is -1.76. The van der Waals surface area contributed by atoms with Crippen molar-refractivity contribution in [3.63, 3.8) is 0 Å². The fraction of sp³-hybridized carbons (Fsp3) is 0.922. The first-order chi connectivity index (χ1) is 37.2. The first-order valence-electron chi connectivity index (χ1n) is 32.4. The van der Waals surface area contributed by atoms with Crippen LogP contribution in [0.15, 0.2) is 0 Å². The standard InChI is InChI=1S/C64H114O10S2/c1-5-9-13-17-21-25-29-33-37-44-57(65)69-51-55-61(72-58(66)45-38-34-30-26-22-18-14-10-6-2)62(73-59(67)46-39-35-31-27-23-19-15-11-7-3)63(74-60(68)47-40-36-32-28-24-20-16-12-8-4)64(71-55)76-53-49-48-52(50-53)70-54-42-41-43-56(54)75/h52-55,61-64H,5-51H2,1-4H3/t52?,53?,54?,55-,61+,62+,63-,64+/m1/s1. The van der Waals surface area contributed by atoms with Gasteiger partial charge < -0.3 is 28.4 Å². The van der Waals surface area contributed by atoms with Gasteiger partial charge in [-0.25, -0.2) is 0 Å². The van der Waals surface area contributed by atoms with Crippen LogP contribution in [-0.2, 0) is 47.6 Å². The fourth-order valence-electron chi connectivity index (χ4n) is 11.2. The van der Waals surface area contributed by atoms with Crippen LogP contribution < -0.4 is 0 Å². The lowest BCUT2D eigenvalue weighted by atomic mass is 9.98. The third-order valence-electron chi connectivity index (χ3n) is 16.0. The van der Waals surface area contributed by atoms with E-state index in [0.29, 0.717) is 19.3 Å². The van der Waals surface area contributed by atoms with Gasteiger partial charge in [-0.2, -0.15) is 0 Å². The number of ether oxygens (including phenoxy) is 6. The highest BCUT2D eigenvalue weighted by Crippen LogP contribution is 2.42. The first-order valence-corrected chi connectivity index (χ1v) is 33.8. The summed E-state index contributed by atoms with van der Waals surface area (Å²) in [5.74, 6) is -1.55. The molecule has 2 saturated carbocycles. The average Bonchev–Trinajstić information content (AvgIpc) is 4.05. The Morgan fingerprint density at radius 3 is 1.22 bits per heavy atom. The molecule has 0 radical (unpaired) electrons. The molecule has 0 amide bonds. The smallest absolute Gasteiger partial charge is 0.306 e. The van der Waals surface area contributed by atoms with Crippen LogP contribution in [-0.4, -0.2) is 82.7 Å². The van der Waals surface area contributed by atoms with E-state index in [4.69, 9.17) is 40.6 Å². The van der Waals surface area contributed by atoms with Crippen LogP contribution in [0.4, 0.5) is 0 Å². The molecule has 1 saturated heterocycles. The minimum atomic E-state index is -1.15. The summed E-state index contributed by atoms with van der Waals surface area (Å²) >= 11 is 7.25. The van der Waals surface area contributed by atoms with Crippen LogP contribution in [0.25, 0.3) is 0 Å². The predicted molar refractivity (Wildman–Crippen MR) is 317 cm³/mol. The third-order valence-corrected chi connectivity index (χ3v) is 17.9. The Morgan fingerprint density at radius 2 is 0.829 bits per heavy atom. The Kier molecular flexibility index (Phi) is 41.4. The summed E-state index contributed by atoms with van der Waals surface area (Å²) in [5.41, 5.74) is -0.776. The molecule has 1 aliphatic heterocycles. The molecule has 8 atom stereocenters. The lowest BCUT2D eigenvalue weighted by Crippen LogP contribution is -2.62. The highest BCUT2D eigenvalue weighted by atomic mass is 32.2. The van der Waals surface area contributed by atoms with Crippen molar-refractivity contribution in [3.8, 4) is 0 Å². The molecule has 12 heteroatoms. The summed E-state index contributed by atoms with van der Waals surface area (Å²) in [6.45, 7) is 8.76. The second-order valence-corrected chi connectivity index (χ2v) is 25.0. The van der Waals surface area contributed by atoms with Gasteiger partial charge in [-0.1, -0.05) is 245 Å². The summed E-state index contributed by atoms with van der Waals surface area (Å²) in [6.07, 6.45) is 42.5. The number of thiocarbonyl (C=S) groups is 1. The lowest BCUT2D eigenvalue weighted by Gasteiger charge is -2.45. The zero-order valence-corrected chi connectivity index (χ0v) is 50.9. The van der Waals surface area contributed by atoms with Crippen LogP contribution in [0.3, 0.4) is 0 Å². The molecule has 0 bridgehead atoms. The number of carbonyl (C=O) groups is 4. The molecular weight excluding hydrogens is 993 g/mol. The summed E-state index contributed by atoms with van der Waals surface area (Å²) in [4.78, 5) is 56.7. The maximum absolute atomic E-state index is 14.1. The molecule has 0 aromatic rings. The van der Waals surface area contributed by atoms with Crippen molar-refractivity contribution in [2.45, 2.75) is 370 Å². The van der Waals surface area contributed by atoms with Crippen LogP contribution >= 0.6 is 24.0 Å². The van der Waals surface area contributed by atoms with E-state index in [1.807, 2.05) is 0 Å². The minimum Gasteiger partial charge on any atom is -0.463 e. The van der Waals surface area contributed by atoms with Crippen molar-refractivity contribution in [1.82, 2.24) is 0 Å². The van der Waals surface area contributed by atoms with E-state index in [0.717, 1.165) is 120 Å². The average molecular weight is 1110 g/mol. The normalized spacial score (nSPS) is 22.5. The first kappa shape index (κ1) is 68.5. The van der Waals surface area contributed by atoms with Gasteiger partial charge in [-0.05, 0) is 64.2 Å². The second kappa shape index (κ2) is 45.9. The Bertz CT molecular complexity index is 1490. The van der Waals surface area contributed by atoms with Gasteiger partial charge in [0.25, 0.3) is 0 Å². The van der Waals surface area contributed by atoms with Crippen LogP contribution in [0.2, 0.25) is 0 Å². The number of esters is 4. The van der Waals surface area contributed by atoms with Gasteiger partial charge in [0.05, 0.1) is 12.2 Å². The van der Waals surface area contributed by atoms with Gasteiger partial charge in [-0.15, -0.1) is 11.8 Å². The van der Waals surface area contributed by atoms with Crippen molar-refractivity contribution in [3.05, 3.63) is 0 Å².